The van der Waals surface area contributed by atoms with Gasteiger partial charge in [0, 0.05) is 24.8 Å². The van der Waals surface area contributed by atoms with E-state index < -0.39 is 27.4 Å². The number of aryl methyl sites for hydroxylation is 1. The van der Waals surface area contributed by atoms with Crippen molar-refractivity contribution < 1.29 is 17.2 Å². The topological polar surface area (TPSA) is 109 Å². The number of nitrogens with one attached hydrogen (secondary N) is 3. The Bertz CT molecular complexity index is 1090. The van der Waals surface area contributed by atoms with Gasteiger partial charge in [0.25, 0.3) is 0 Å². The second kappa shape index (κ2) is 9.55. The Morgan fingerprint density at radius 3 is 2.37 bits per heavy atom. The van der Waals surface area contributed by atoms with Crippen molar-refractivity contribution in [1.82, 2.24) is 19.9 Å². The molecule has 3 N–H and O–H groups in total. The minimum absolute atomic E-state index is 0.0359. The smallest absolute Gasteiger partial charge is 0.215 e. The van der Waals surface area contributed by atoms with Gasteiger partial charge in [0.05, 0.1) is 5.75 Å². The van der Waals surface area contributed by atoms with Gasteiger partial charge in [-0.05, 0) is 48.9 Å². The van der Waals surface area contributed by atoms with Crippen LogP contribution in [0.1, 0.15) is 11.1 Å². The van der Waals surface area contributed by atoms with E-state index in [0.29, 0.717) is 17.5 Å². The number of sulfonamides is 1. The Morgan fingerprint density at radius 1 is 0.933 bits per heavy atom. The highest BCUT2D eigenvalue weighted by Crippen LogP contribution is 2.14. The molecule has 0 fully saturated rings. The molecule has 0 atom stereocenters. The number of rotatable bonds is 9. The highest BCUT2D eigenvalue weighted by molar-refractivity contribution is 7.88. The summed E-state index contributed by atoms with van der Waals surface area (Å²) in [6, 6.07) is 9.82. The van der Waals surface area contributed by atoms with Gasteiger partial charge in [0.1, 0.15) is 23.3 Å². The summed E-state index contributed by atoms with van der Waals surface area (Å²) in [6.45, 7) is 2.21. The third-order valence-electron chi connectivity index (χ3n) is 3.94. The zero-order valence-electron chi connectivity index (χ0n) is 16.1. The maximum Gasteiger partial charge on any atom is 0.215 e. The number of anilines is 3. The zero-order valence-corrected chi connectivity index (χ0v) is 16.9. The van der Waals surface area contributed by atoms with Crippen molar-refractivity contribution in [2.24, 2.45) is 0 Å². The third kappa shape index (κ3) is 6.42. The second-order valence-corrected chi connectivity index (χ2v) is 8.27. The predicted molar refractivity (Wildman–Crippen MR) is 110 cm³/mol. The van der Waals surface area contributed by atoms with E-state index in [0.717, 1.165) is 23.8 Å². The maximum absolute atomic E-state index is 13.6. The standard InChI is InChI=1S/C19H20F2N6O2S/c1-13-2-5-17(23-11-13)25-19-7-6-18(26-27-19)22-8-9-24-30(28,29)12-14-10-15(20)3-4-16(14)21/h2-7,10-11,24H,8-9,12H2,1H3,(H,22,26)(H,23,25,27). The number of nitrogens with zero attached hydrogens (tertiary/aromatic N) is 3. The number of benzene rings is 1. The molecule has 0 aliphatic carbocycles. The van der Waals surface area contributed by atoms with Crippen LogP contribution < -0.4 is 15.4 Å². The molecule has 0 spiro atoms. The van der Waals surface area contributed by atoms with Crippen LogP contribution in [0.5, 0.6) is 0 Å². The Kier molecular flexibility index (Phi) is 6.85. The molecule has 3 rings (SSSR count). The first-order valence-corrected chi connectivity index (χ1v) is 10.6. The van der Waals surface area contributed by atoms with Crippen LogP contribution in [-0.2, 0) is 15.8 Å². The Labute approximate surface area is 172 Å². The molecule has 0 bridgehead atoms. The van der Waals surface area contributed by atoms with Gasteiger partial charge in [-0.2, -0.15) is 0 Å². The predicted octanol–water partition coefficient (Wildman–Crippen LogP) is 2.73. The largest absolute Gasteiger partial charge is 0.367 e. The lowest BCUT2D eigenvalue weighted by Gasteiger charge is -2.09. The van der Waals surface area contributed by atoms with Crippen molar-refractivity contribution >= 4 is 27.5 Å². The van der Waals surface area contributed by atoms with Gasteiger partial charge in [-0.1, -0.05) is 6.07 Å². The summed E-state index contributed by atoms with van der Waals surface area (Å²) in [5.41, 5.74) is 0.815. The number of pyridine rings is 1. The molecule has 1 aromatic carbocycles. The molecule has 2 heterocycles. The van der Waals surface area contributed by atoms with Crippen LogP contribution >= 0.6 is 0 Å². The fourth-order valence-corrected chi connectivity index (χ4v) is 3.62. The molecular weight excluding hydrogens is 414 g/mol. The van der Waals surface area contributed by atoms with Gasteiger partial charge in [-0.15, -0.1) is 10.2 Å². The van der Waals surface area contributed by atoms with Gasteiger partial charge in [-0.25, -0.2) is 26.9 Å². The average molecular weight is 434 g/mol. The average Bonchev–Trinajstić information content (AvgIpc) is 2.71. The minimum atomic E-state index is -3.82. The van der Waals surface area contributed by atoms with Gasteiger partial charge in [-0.3, -0.25) is 0 Å². The van der Waals surface area contributed by atoms with Crippen LogP contribution in [0.2, 0.25) is 0 Å². The normalized spacial score (nSPS) is 11.3. The van der Waals surface area contributed by atoms with E-state index in [2.05, 4.69) is 30.5 Å². The van der Waals surface area contributed by atoms with Crippen LogP contribution in [0.3, 0.4) is 0 Å². The highest BCUT2D eigenvalue weighted by atomic mass is 32.2. The Hall–Kier alpha value is -3.18. The summed E-state index contributed by atoms with van der Waals surface area (Å²) < 4.78 is 53.2. The number of halogens is 2. The van der Waals surface area contributed by atoms with Gasteiger partial charge in [0.15, 0.2) is 5.82 Å². The van der Waals surface area contributed by atoms with Crippen LogP contribution in [0.25, 0.3) is 0 Å². The first-order valence-electron chi connectivity index (χ1n) is 8.99. The van der Waals surface area contributed by atoms with Crippen molar-refractivity contribution in [3.63, 3.8) is 0 Å². The summed E-state index contributed by atoms with van der Waals surface area (Å²) in [7, 11) is -3.82. The molecule has 2 aromatic heterocycles. The molecule has 30 heavy (non-hydrogen) atoms. The summed E-state index contributed by atoms with van der Waals surface area (Å²) >= 11 is 0. The summed E-state index contributed by atoms with van der Waals surface area (Å²) in [4.78, 5) is 4.22. The summed E-state index contributed by atoms with van der Waals surface area (Å²) in [5, 5.41) is 14.0. The lowest BCUT2D eigenvalue weighted by atomic mass is 10.2. The van der Waals surface area contributed by atoms with E-state index in [1.54, 1.807) is 18.3 Å². The van der Waals surface area contributed by atoms with Crippen molar-refractivity contribution in [2.75, 3.05) is 23.7 Å². The second-order valence-electron chi connectivity index (χ2n) is 6.47. The highest BCUT2D eigenvalue weighted by Gasteiger charge is 2.15. The number of hydrogen-bond donors (Lipinski definition) is 3. The van der Waals surface area contributed by atoms with E-state index in [1.807, 2.05) is 19.1 Å². The fourth-order valence-electron chi connectivity index (χ4n) is 2.47. The molecule has 0 saturated carbocycles. The summed E-state index contributed by atoms with van der Waals surface area (Å²) in [6.07, 6.45) is 1.73. The van der Waals surface area contributed by atoms with Gasteiger partial charge >= 0.3 is 0 Å². The fraction of sp³-hybridized carbons (Fsp3) is 0.211. The molecule has 0 saturated heterocycles. The number of aromatic nitrogens is 3. The van der Waals surface area contributed by atoms with E-state index in [9.17, 15) is 17.2 Å². The van der Waals surface area contributed by atoms with Crippen molar-refractivity contribution in [1.29, 1.82) is 0 Å². The first kappa shape index (κ1) is 21.5. The van der Waals surface area contributed by atoms with Crippen molar-refractivity contribution in [3.05, 3.63) is 71.4 Å². The molecule has 3 aromatic rings. The number of hydrogen-bond acceptors (Lipinski definition) is 7. The van der Waals surface area contributed by atoms with Crippen molar-refractivity contribution in [2.45, 2.75) is 12.7 Å². The lowest BCUT2D eigenvalue weighted by molar-refractivity contribution is 0.571. The zero-order chi connectivity index (χ0) is 21.6. The van der Waals surface area contributed by atoms with Crippen LogP contribution in [0.15, 0.2) is 48.7 Å². The lowest BCUT2D eigenvalue weighted by Crippen LogP contribution is -2.30. The van der Waals surface area contributed by atoms with Crippen molar-refractivity contribution in [3.8, 4) is 0 Å². The molecule has 0 aliphatic rings. The minimum Gasteiger partial charge on any atom is -0.367 e. The van der Waals surface area contributed by atoms with Gasteiger partial charge < -0.3 is 10.6 Å². The third-order valence-corrected chi connectivity index (χ3v) is 5.27. The molecule has 0 amide bonds. The molecule has 158 valence electrons. The summed E-state index contributed by atoms with van der Waals surface area (Å²) in [5.74, 6) is -0.519. The van der Waals surface area contributed by atoms with Crippen LogP contribution in [-0.4, -0.2) is 36.7 Å². The molecule has 0 radical (unpaired) electrons. The monoisotopic (exact) mass is 434 g/mol. The molecule has 8 nitrogen and oxygen atoms in total. The van der Waals surface area contributed by atoms with E-state index in [4.69, 9.17) is 0 Å². The Morgan fingerprint density at radius 2 is 1.67 bits per heavy atom. The van der Waals surface area contributed by atoms with Crippen LogP contribution in [0, 0.1) is 18.6 Å². The molecule has 11 heteroatoms. The van der Waals surface area contributed by atoms with E-state index >= 15 is 0 Å². The molecular formula is C19H20F2N6O2S. The molecule has 0 unspecified atom stereocenters. The Balaban J connectivity index is 1.45. The van der Waals surface area contributed by atoms with E-state index in [1.165, 1.54) is 0 Å². The van der Waals surface area contributed by atoms with E-state index in [-0.39, 0.29) is 18.7 Å². The first-order chi connectivity index (χ1) is 14.3. The quantitative estimate of drug-likeness (QED) is 0.444. The SMILES string of the molecule is Cc1ccc(Nc2ccc(NCCNS(=O)(=O)Cc3cc(F)ccc3F)nn2)nc1. The van der Waals surface area contributed by atoms with Gasteiger partial charge in [0.2, 0.25) is 10.0 Å². The molecule has 0 aliphatic heterocycles. The maximum atomic E-state index is 13.6. The van der Waals surface area contributed by atoms with Crippen LogP contribution in [0.4, 0.5) is 26.2 Å².